The predicted octanol–water partition coefficient (Wildman–Crippen LogP) is 5.10. The first kappa shape index (κ1) is 19.6. The van der Waals surface area contributed by atoms with E-state index in [1.165, 1.54) is 0 Å². The summed E-state index contributed by atoms with van der Waals surface area (Å²) in [6, 6.07) is 0.865. The summed E-state index contributed by atoms with van der Waals surface area (Å²) >= 11 is 5.17. The lowest BCUT2D eigenvalue weighted by Crippen LogP contribution is -2.12. The van der Waals surface area contributed by atoms with Crippen LogP contribution in [0, 0.1) is 34.7 Å². The van der Waals surface area contributed by atoms with Crippen molar-refractivity contribution in [1.29, 1.82) is 0 Å². The Balaban J connectivity index is 2.07. The Morgan fingerprint density at radius 1 is 1.24 bits per heavy atom. The summed E-state index contributed by atoms with van der Waals surface area (Å²) in [6.07, 6.45) is -4.00. The maximum Gasteiger partial charge on any atom is 0.426 e. The third-order valence-electron chi connectivity index (χ3n) is 4.23. The first-order valence-corrected chi connectivity index (χ1v) is 7.48. The Kier molecular flexibility index (Phi) is 5.14. The van der Waals surface area contributed by atoms with Crippen LogP contribution in [0.5, 0.6) is 0 Å². The van der Waals surface area contributed by atoms with Crippen molar-refractivity contribution in [2.45, 2.75) is 26.6 Å². The Bertz CT molecular complexity index is 703. The van der Waals surface area contributed by atoms with Crippen molar-refractivity contribution >= 4 is 17.6 Å². The quantitative estimate of drug-likeness (QED) is 0.531. The van der Waals surface area contributed by atoms with Crippen molar-refractivity contribution < 1.29 is 35.9 Å². The van der Waals surface area contributed by atoms with Crippen LogP contribution in [0.25, 0.3) is 0 Å². The summed E-state index contributed by atoms with van der Waals surface area (Å²) in [5.74, 6) is -6.25. The second-order valence-corrected chi connectivity index (χ2v) is 6.70. The summed E-state index contributed by atoms with van der Waals surface area (Å²) < 4.78 is 82.0. The molecule has 0 bridgehead atoms. The van der Waals surface area contributed by atoms with Crippen LogP contribution in [0.15, 0.2) is 23.2 Å². The van der Waals surface area contributed by atoms with Gasteiger partial charge in [0, 0.05) is 12.1 Å². The maximum atomic E-state index is 13.5. The topological polar surface area (TPSA) is 26.3 Å². The lowest BCUT2D eigenvalue weighted by atomic mass is 10.1. The highest BCUT2D eigenvalue weighted by molar-refractivity contribution is 6.30. The molecule has 1 aromatic rings. The molecule has 0 saturated heterocycles. The van der Waals surface area contributed by atoms with Gasteiger partial charge in [-0.2, -0.15) is 13.2 Å². The van der Waals surface area contributed by atoms with Gasteiger partial charge in [0.2, 0.25) is 0 Å². The zero-order valence-corrected chi connectivity index (χ0v) is 13.8. The molecule has 1 aliphatic carbocycles. The Morgan fingerprint density at radius 2 is 1.76 bits per heavy atom. The summed E-state index contributed by atoms with van der Waals surface area (Å²) in [7, 11) is 0. The van der Waals surface area contributed by atoms with Gasteiger partial charge in [0.1, 0.15) is 29.1 Å². The minimum atomic E-state index is -4.73. The van der Waals surface area contributed by atoms with Crippen LogP contribution in [-0.4, -0.2) is 12.1 Å². The predicted molar refractivity (Wildman–Crippen MR) is 76.9 cm³/mol. The average Bonchev–Trinajstić information content (AvgIpc) is 2.97. The fourth-order valence-electron chi connectivity index (χ4n) is 2.63. The first-order valence-electron chi connectivity index (χ1n) is 7.10. The number of allylic oxidation sites excluding steroid dienone is 2. The highest BCUT2D eigenvalue weighted by atomic mass is 35.5. The monoisotopic (exact) mass is 386 g/mol. The van der Waals surface area contributed by atoms with Crippen molar-refractivity contribution in [2.24, 2.45) is 17.3 Å². The Labute approximate surface area is 144 Å². The van der Waals surface area contributed by atoms with Gasteiger partial charge in [-0.3, -0.25) is 4.79 Å². The van der Waals surface area contributed by atoms with E-state index in [4.69, 9.17) is 16.3 Å². The van der Waals surface area contributed by atoms with E-state index in [1.54, 1.807) is 13.8 Å². The zero-order chi connectivity index (χ0) is 19.2. The Hall–Kier alpha value is -1.70. The summed E-state index contributed by atoms with van der Waals surface area (Å²) in [4.78, 5) is 12.0. The summed E-state index contributed by atoms with van der Waals surface area (Å²) in [5, 5.41) is -1.35. The fourth-order valence-corrected chi connectivity index (χ4v) is 2.77. The highest BCUT2D eigenvalue weighted by Gasteiger charge is 2.62. The molecule has 2 unspecified atom stereocenters. The van der Waals surface area contributed by atoms with Crippen molar-refractivity contribution in [3.8, 4) is 0 Å². The molecule has 2 nitrogen and oxygen atoms in total. The third kappa shape index (κ3) is 4.11. The van der Waals surface area contributed by atoms with E-state index in [2.05, 4.69) is 0 Å². The number of carbonyl (C=O) groups is 1. The number of alkyl halides is 3. The van der Waals surface area contributed by atoms with Crippen LogP contribution in [0.2, 0.25) is 0 Å². The maximum absolute atomic E-state index is 13.5. The van der Waals surface area contributed by atoms with Crippen molar-refractivity contribution in [2.75, 3.05) is 0 Å². The molecule has 0 amide bonds. The molecular weight excluding hydrogens is 374 g/mol. The number of halogens is 7. The van der Waals surface area contributed by atoms with Crippen molar-refractivity contribution in [3.05, 3.63) is 46.3 Å². The molecule has 25 heavy (non-hydrogen) atoms. The lowest BCUT2D eigenvalue weighted by Gasteiger charge is -2.08. The molecule has 0 radical (unpaired) electrons. The third-order valence-corrected chi connectivity index (χ3v) is 4.57. The molecule has 1 aromatic carbocycles. The van der Waals surface area contributed by atoms with E-state index in [1.807, 2.05) is 0 Å². The smallest absolute Gasteiger partial charge is 0.426 e. The van der Waals surface area contributed by atoms with Gasteiger partial charge in [0.25, 0.3) is 0 Å². The van der Waals surface area contributed by atoms with Gasteiger partial charge in [-0.25, -0.2) is 13.2 Å². The van der Waals surface area contributed by atoms with Gasteiger partial charge < -0.3 is 4.74 Å². The van der Waals surface area contributed by atoms with E-state index in [-0.39, 0.29) is 0 Å². The van der Waals surface area contributed by atoms with Crippen LogP contribution in [0.4, 0.5) is 26.3 Å². The molecule has 1 fully saturated rings. The molecule has 0 spiro atoms. The van der Waals surface area contributed by atoms with Crippen LogP contribution in [0.3, 0.4) is 0 Å². The average molecular weight is 387 g/mol. The molecule has 1 aliphatic rings. The van der Waals surface area contributed by atoms with E-state index in [0.717, 1.165) is 6.08 Å². The van der Waals surface area contributed by atoms with E-state index < -0.39 is 64.1 Å². The van der Waals surface area contributed by atoms with E-state index in [0.29, 0.717) is 12.1 Å². The summed E-state index contributed by atoms with van der Waals surface area (Å²) in [6.45, 7) is 2.28. The second-order valence-electron chi connectivity index (χ2n) is 6.29. The number of hydrogen-bond donors (Lipinski definition) is 0. The molecule has 0 heterocycles. The summed E-state index contributed by atoms with van der Waals surface area (Å²) in [5.41, 5.74) is -1.49. The highest BCUT2D eigenvalue weighted by Crippen LogP contribution is 2.60. The van der Waals surface area contributed by atoms with Crippen molar-refractivity contribution in [3.63, 3.8) is 0 Å². The largest absolute Gasteiger partial charge is 0.460 e. The van der Waals surface area contributed by atoms with Gasteiger partial charge >= 0.3 is 12.1 Å². The van der Waals surface area contributed by atoms with Gasteiger partial charge in [-0.15, -0.1) is 0 Å². The minimum Gasteiger partial charge on any atom is -0.460 e. The van der Waals surface area contributed by atoms with Crippen LogP contribution in [-0.2, 0) is 16.1 Å². The van der Waals surface area contributed by atoms with Gasteiger partial charge in [0.15, 0.2) is 0 Å². The van der Waals surface area contributed by atoms with Gasteiger partial charge in [0.05, 0.1) is 11.5 Å². The number of carbonyl (C=O) groups excluding carboxylic acids is 1. The van der Waals surface area contributed by atoms with Crippen molar-refractivity contribution in [1.82, 2.24) is 0 Å². The van der Waals surface area contributed by atoms with Crippen LogP contribution in [0.1, 0.15) is 19.4 Å². The van der Waals surface area contributed by atoms with Gasteiger partial charge in [-0.1, -0.05) is 31.5 Å². The number of benzene rings is 1. The number of ether oxygens (including phenoxy) is 1. The molecule has 1 saturated carbocycles. The number of esters is 1. The standard InChI is InChI=1S/C16H13ClF6O2/c1-15(2)9(5-12(17)16(21,22)23)13(15)14(24)25-6-8-10(19)3-7(18)4-11(8)20/h3-5,9,13H,6H2,1-2H3. The molecular formula is C16H13ClF6O2. The molecule has 0 N–H and O–H groups in total. The number of rotatable bonds is 4. The zero-order valence-electron chi connectivity index (χ0n) is 13.1. The molecule has 138 valence electrons. The normalized spacial score (nSPS) is 22.7. The molecule has 0 aliphatic heterocycles. The minimum absolute atomic E-state index is 0.432. The van der Waals surface area contributed by atoms with Gasteiger partial charge in [-0.05, 0) is 11.3 Å². The number of hydrogen-bond acceptors (Lipinski definition) is 2. The SMILES string of the molecule is CC1(C)C(C=C(Cl)C(F)(F)F)C1C(=O)OCc1c(F)cc(F)cc1F. The fraction of sp³-hybridized carbons (Fsp3) is 0.438. The second kappa shape index (κ2) is 6.55. The lowest BCUT2D eigenvalue weighted by molar-refractivity contribution is -0.147. The molecule has 9 heteroatoms. The van der Waals surface area contributed by atoms with E-state index >= 15 is 0 Å². The molecule has 0 aromatic heterocycles. The molecule has 2 rings (SSSR count). The molecule has 2 atom stereocenters. The first-order chi connectivity index (χ1) is 11.4. The van der Waals surface area contributed by atoms with E-state index in [9.17, 15) is 31.1 Å². The Morgan fingerprint density at radius 3 is 2.24 bits per heavy atom. The van der Waals surface area contributed by atoms with Crippen LogP contribution >= 0.6 is 11.6 Å². The van der Waals surface area contributed by atoms with Crippen LogP contribution < -0.4 is 0 Å².